The number of ketones is 3. The van der Waals surface area contributed by atoms with E-state index in [0.29, 0.717) is 0 Å². The molecule has 1 aromatic rings. The number of phenolic OH excluding ortho intramolecular Hbond substituents is 2. The van der Waals surface area contributed by atoms with Crippen LogP contribution in [0.15, 0.2) is 16.8 Å². The zero-order chi connectivity index (χ0) is 24.2. The number of aliphatic imine (C=N–C) groups is 1. The number of rotatable bonds is 6. The van der Waals surface area contributed by atoms with Crippen molar-refractivity contribution in [3.63, 3.8) is 0 Å². The first-order valence-corrected chi connectivity index (χ1v) is 11.4. The molecule has 11 heteroatoms. The Labute approximate surface area is 184 Å². The fourth-order valence-electron chi connectivity index (χ4n) is 4.09. The fourth-order valence-corrected chi connectivity index (χ4v) is 4.59. The molecule has 0 aromatic heterocycles. The van der Waals surface area contributed by atoms with Crippen LogP contribution in [-0.4, -0.2) is 58.5 Å². The molecule has 0 amide bonds. The van der Waals surface area contributed by atoms with Gasteiger partial charge in [-0.2, -0.15) is 8.42 Å². The van der Waals surface area contributed by atoms with Gasteiger partial charge in [0, 0.05) is 23.9 Å². The quantitative estimate of drug-likeness (QED) is 0.186. The van der Waals surface area contributed by atoms with Gasteiger partial charge in [-0.25, -0.2) is 0 Å². The summed E-state index contributed by atoms with van der Waals surface area (Å²) in [6.45, 7) is 5.47. The molecule has 0 radical (unpaired) electrons. The van der Waals surface area contributed by atoms with Crippen molar-refractivity contribution < 1.29 is 42.3 Å². The maximum Gasteiger partial charge on any atom is 0.264 e. The molecule has 0 spiro atoms. The Morgan fingerprint density at radius 3 is 2.41 bits per heavy atom. The third kappa shape index (κ3) is 3.61. The normalized spacial score (nSPS) is 22.8. The van der Waals surface area contributed by atoms with E-state index in [-0.39, 0.29) is 46.9 Å². The van der Waals surface area contributed by atoms with E-state index < -0.39 is 56.1 Å². The van der Waals surface area contributed by atoms with Gasteiger partial charge in [0.05, 0.1) is 11.3 Å². The summed E-state index contributed by atoms with van der Waals surface area (Å²) in [6.07, 6.45) is 1.11. The van der Waals surface area contributed by atoms with Crippen LogP contribution >= 0.6 is 0 Å². The van der Waals surface area contributed by atoms with Gasteiger partial charge in [-0.15, -0.1) is 0 Å². The average molecular weight is 465 g/mol. The van der Waals surface area contributed by atoms with E-state index in [1.54, 1.807) is 0 Å². The van der Waals surface area contributed by atoms with Crippen LogP contribution in [0.4, 0.5) is 0 Å². The van der Waals surface area contributed by atoms with Crippen molar-refractivity contribution in [3.05, 3.63) is 28.5 Å². The number of aromatic hydroxyl groups is 2. The molecule has 1 aromatic carbocycles. The summed E-state index contributed by atoms with van der Waals surface area (Å²) in [5.41, 5.74) is -1.67. The number of ether oxygens (including phenoxy) is 1. The van der Waals surface area contributed by atoms with E-state index in [0.717, 1.165) is 6.08 Å². The Balaban J connectivity index is 2.08. The minimum absolute atomic E-state index is 0.00289. The Morgan fingerprint density at radius 2 is 1.84 bits per heavy atom. The highest BCUT2D eigenvalue weighted by molar-refractivity contribution is 7.85. The second-order valence-corrected chi connectivity index (χ2v) is 9.63. The standard InChI is InChI=1S/C21H23NO9S/c1-9-17(25)15(11(3)23)19-16(18(9)26)21(4)13(31-19)8-12(24)14(20(21)27)10(2)22-6-5-7-32(28,29)30/h8,14,25-26H,5-7H2,1-4H3,(H,28,29,30)/t14?,21-/m0/s1. The number of phenols is 2. The van der Waals surface area contributed by atoms with E-state index in [1.165, 1.54) is 27.7 Å². The molecule has 0 saturated heterocycles. The van der Waals surface area contributed by atoms with E-state index in [2.05, 4.69) is 4.99 Å². The molecule has 3 rings (SSSR count). The van der Waals surface area contributed by atoms with Crippen LogP contribution in [0.2, 0.25) is 0 Å². The predicted octanol–water partition coefficient (Wildman–Crippen LogP) is 1.65. The van der Waals surface area contributed by atoms with Crippen LogP contribution < -0.4 is 4.74 Å². The molecule has 0 fully saturated rings. The number of Topliss-reactive ketones (excluding diaryl/α,β-unsaturated/α-hetero) is 2. The van der Waals surface area contributed by atoms with Crippen molar-refractivity contribution in [1.82, 2.24) is 0 Å². The Hall–Kier alpha value is -3.05. The van der Waals surface area contributed by atoms with E-state index in [1.807, 2.05) is 0 Å². The molecule has 0 bridgehead atoms. The molecule has 3 N–H and O–H groups in total. The Bertz CT molecular complexity index is 1230. The lowest BCUT2D eigenvalue weighted by atomic mass is 9.67. The van der Waals surface area contributed by atoms with Crippen molar-refractivity contribution in [2.24, 2.45) is 10.9 Å². The third-order valence-corrected chi connectivity index (χ3v) is 6.65. The van der Waals surface area contributed by atoms with Crippen LogP contribution in [0.5, 0.6) is 17.2 Å². The summed E-state index contributed by atoms with van der Waals surface area (Å²) < 4.78 is 36.1. The number of benzene rings is 1. The van der Waals surface area contributed by atoms with Gasteiger partial charge in [0.25, 0.3) is 10.1 Å². The second-order valence-electron chi connectivity index (χ2n) is 8.06. The zero-order valence-electron chi connectivity index (χ0n) is 17.9. The molecule has 1 aliphatic heterocycles. The number of allylic oxidation sites excluding steroid dienone is 2. The van der Waals surface area contributed by atoms with Gasteiger partial charge >= 0.3 is 0 Å². The zero-order valence-corrected chi connectivity index (χ0v) is 18.7. The van der Waals surface area contributed by atoms with Gasteiger partial charge in [-0.1, -0.05) is 0 Å². The summed E-state index contributed by atoms with van der Waals surface area (Å²) in [6, 6.07) is 0. The molecule has 1 heterocycles. The lowest BCUT2D eigenvalue weighted by molar-refractivity contribution is -0.131. The average Bonchev–Trinajstić information content (AvgIpc) is 2.96. The summed E-state index contributed by atoms with van der Waals surface area (Å²) in [7, 11) is -4.15. The highest BCUT2D eigenvalue weighted by Gasteiger charge is 2.57. The van der Waals surface area contributed by atoms with Crippen molar-refractivity contribution in [2.45, 2.75) is 39.5 Å². The van der Waals surface area contributed by atoms with Crippen LogP contribution in [0.1, 0.15) is 48.7 Å². The fraction of sp³-hybridized carbons (Fsp3) is 0.429. The van der Waals surface area contributed by atoms with Gasteiger partial charge in [0.2, 0.25) is 0 Å². The SMILES string of the molecule is CC(=O)c1c(O)c(C)c(O)c2c1OC1=CC(=O)C(C(C)=NCCCS(=O)(=O)O)C(=O)[C@@]12C. The number of nitrogens with zero attached hydrogens (tertiary/aromatic N) is 1. The van der Waals surface area contributed by atoms with Crippen molar-refractivity contribution in [1.29, 1.82) is 0 Å². The number of hydrogen-bond acceptors (Lipinski definition) is 9. The first-order valence-electron chi connectivity index (χ1n) is 9.76. The van der Waals surface area contributed by atoms with Crippen LogP contribution in [0, 0.1) is 12.8 Å². The van der Waals surface area contributed by atoms with Gasteiger partial charge < -0.3 is 14.9 Å². The maximum absolute atomic E-state index is 13.5. The molecule has 2 aliphatic rings. The molecule has 1 aliphatic carbocycles. The Morgan fingerprint density at radius 1 is 1.22 bits per heavy atom. The number of fused-ring (bicyclic) bond motifs is 3. The monoisotopic (exact) mass is 465 g/mol. The largest absolute Gasteiger partial charge is 0.507 e. The number of hydrogen-bond donors (Lipinski definition) is 3. The highest BCUT2D eigenvalue weighted by atomic mass is 32.2. The summed E-state index contributed by atoms with van der Waals surface area (Å²) in [4.78, 5) is 42.6. The smallest absolute Gasteiger partial charge is 0.264 e. The summed E-state index contributed by atoms with van der Waals surface area (Å²) in [5, 5.41) is 21.1. The van der Waals surface area contributed by atoms with Crippen molar-refractivity contribution >= 4 is 33.2 Å². The molecule has 1 unspecified atom stereocenters. The minimum atomic E-state index is -4.15. The predicted molar refractivity (Wildman–Crippen MR) is 113 cm³/mol. The van der Waals surface area contributed by atoms with Crippen LogP contribution in [-0.2, 0) is 25.1 Å². The first kappa shape index (κ1) is 23.6. The minimum Gasteiger partial charge on any atom is -0.507 e. The highest BCUT2D eigenvalue weighted by Crippen LogP contribution is 2.57. The van der Waals surface area contributed by atoms with Crippen molar-refractivity contribution in [3.8, 4) is 17.2 Å². The van der Waals surface area contributed by atoms with E-state index in [4.69, 9.17) is 9.29 Å². The van der Waals surface area contributed by atoms with Crippen LogP contribution in [0.25, 0.3) is 0 Å². The second kappa shape index (κ2) is 7.82. The van der Waals surface area contributed by atoms with Gasteiger partial charge in [0.1, 0.15) is 39.9 Å². The molecule has 32 heavy (non-hydrogen) atoms. The number of carbonyl (C=O) groups excluding carboxylic acids is 3. The lowest BCUT2D eigenvalue weighted by Gasteiger charge is -2.31. The molecule has 2 atom stereocenters. The van der Waals surface area contributed by atoms with Crippen LogP contribution in [0.3, 0.4) is 0 Å². The maximum atomic E-state index is 13.5. The molecule has 172 valence electrons. The summed E-state index contributed by atoms with van der Waals surface area (Å²) >= 11 is 0. The lowest BCUT2D eigenvalue weighted by Crippen LogP contribution is -2.47. The van der Waals surface area contributed by atoms with Gasteiger partial charge in [-0.05, 0) is 34.1 Å². The topological polar surface area (TPSA) is 168 Å². The molecule has 0 saturated carbocycles. The molecular weight excluding hydrogens is 442 g/mol. The summed E-state index contributed by atoms with van der Waals surface area (Å²) in [5.74, 6) is -4.74. The van der Waals surface area contributed by atoms with Crippen molar-refractivity contribution in [2.75, 3.05) is 12.3 Å². The van der Waals surface area contributed by atoms with E-state index in [9.17, 15) is 33.0 Å². The number of carbonyl (C=O) groups is 3. The first-order chi connectivity index (χ1) is 14.7. The Kier molecular flexibility index (Phi) is 5.77. The molecule has 10 nitrogen and oxygen atoms in total. The van der Waals surface area contributed by atoms with Gasteiger partial charge in [0.15, 0.2) is 17.3 Å². The molecular formula is C21H23NO9S. The van der Waals surface area contributed by atoms with Gasteiger partial charge in [-0.3, -0.25) is 23.9 Å². The third-order valence-electron chi connectivity index (χ3n) is 5.85. The van der Waals surface area contributed by atoms with E-state index >= 15 is 0 Å².